The zero-order valence-electron chi connectivity index (χ0n) is 19.0. The lowest BCUT2D eigenvalue weighted by atomic mass is 9.91. The Morgan fingerprint density at radius 2 is 1.91 bits per heavy atom. The van der Waals surface area contributed by atoms with Gasteiger partial charge in [0.25, 0.3) is 11.7 Å². The number of ketones is 1. The number of Topliss-reactive ketones (excluding diaryl/α,β-unsaturated/α-hetero) is 1. The van der Waals surface area contributed by atoms with E-state index in [1.165, 1.54) is 24.1 Å². The second-order valence-corrected chi connectivity index (χ2v) is 9.47. The molecular weight excluding hydrogens is 489 g/mol. The van der Waals surface area contributed by atoms with Crippen molar-refractivity contribution in [2.24, 2.45) is 0 Å². The molecule has 1 amide bonds. The number of halogens is 2. The summed E-state index contributed by atoms with van der Waals surface area (Å²) in [5.41, 5.74) is 0.834. The van der Waals surface area contributed by atoms with Gasteiger partial charge >= 0.3 is 0 Å². The molecule has 0 aromatic heterocycles. The van der Waals surface area contributed by atoms with Crippen LogP contribution in [0.2, 0.25) is 10.0 Å². The highest BCUT2D eigenvalue weighted by Gasteiger charge is 2.47. The highest BCUT2D eigenvalue weighted by molar-refractivity contribution is 6.47. The lowest BCUT2D eigenvalue weighted by Crippen LogP contribution is -2.36. The molecule has 2 unspecified atom stereocenters. The van der Waals surface area contributed by atoms with Crippen LogP contribution in [0.15, 0.2) is 60.2 Å². The summed E-state index contributed by atoms with van der Waals surface area (Å²) in [5, 5.41) is 13.8. The molecule has 2 fully saturated rings. The molecule has 8 heteroatoms. The first-order valence-electron chi connectivity index (χ1n) is 11.3. The largest absolute Gasteiger partial charge is 0.507 e. The smallest absolute Gasteiger partial charge is 0.295 e. The van der Waals surface area contributed by atoms with Crippen LogP contribution in [0.4, 0.5) is 0 Å². The number of methoxy groups -OCH3 is 1. The minimum atomic E-state index is -0.826. The molecule has 0 radical (unpaired) electrons. The molecule has 35 heavy (non-hydrogen) atoms. The van der Waals surface area contributed by atoms with Crippen LogP contribution in [0.1, 0.15) is 30.0 Å². The molecular formula is C27H23Cl2NO5. The van der Waals surface area contributed by atoms with Gasteiger partial charge in [-0.2, -0.15) is 0 Å². The molecule has 2 atom stereocenters. The minimum Gasteiger partial charge on any atom is -0.507 e. The average molecular weight is 512 g/mol. The van der Waals surface area contributed by atoms with Crippen LogP contribution in [-0.2, 0) is 14.3 Å². The first-order chi connectivity index (χ1) is 16.9. The second kappa shape index (κ2) is 9.53. The normalized spacial score (nSPS) is 21.7. The van der Waals surface area contributed by atoms with Crippen LogP contribution in [0.25, 0.3) is 16.5 Å². The van der Waals surface area contributed by atoms with Crippen LogP contribution in [-0.4, -0.2) is 48.1 Å². The fraction of sp³-hybridized carbons (Fsp3) is 0.259. The Hall–Kier alpha value is -3.06. The van der Waals surface area contributed by atoms with Crippen molar-refractivity contribution in [3.63, 3.8) is 0 Å². The number of carbonyl (C=O) groups is 2. The van der Waals surface area contributed by atoms with Gasteiger partial charge in [0.05, 0.1) is 35.4 Å². The molecule has 2 aliphatic rings. The zero-order chi connectivity index (χ0) is 24.7. The molecule has 2 aliphatic heterocycles. The van der Waals surface area contributed by atoms with E-state index in [9.17, 15) is 14.7 Å². The Kier molecular flexibility index (Phi) is 6.45. The van der Waals surface area contributed by atoms with Crippen molar-refractivity contribution in [1.29, 1.82) is 0 Å². The van der Waals surface area contributed by atoms with E-state index in [4.69, 9.17) is 32.7 Å². The number of ether oxygens (including phenoxy) is 2. The van der Waals surface area contributed by atoms with Crippen molar-refractivity contribution in [3.8, 4) is 5.75 Å². The summed E-state index contributed by atoms with van der Waals surface area (Å²) in [6.07, 6.45) is 1.51. The lowest BCUT2D eigenvalue weighted by molar-refractivity contribution is -0.140. The van der Waals surface area contributed by atoms with Gasteiger partial charge in [-0.15, -0.1) is 0 Å². The monoisotopic (exact) mass is 511 g/mol. The Morgan fingerprint density at radius 3 is 2.66 bits per heavy atom. The van der Waals surface area contributed by atoms with Crippen molar-refractivity contribution in [2.75, 3.05) is 20.3 Å². The number of aliphatic hydroxyl groups is 1. The fourth-order valence-electron chi connectivity index (χ4n) is 4.98. The van der Waals surface area contributed by atoms with Crippen molar-refractivity contribution < 1.29 is 24.2 Å². The van der Waals surface area contributed by atoms with E-state index in [1.807, 2.05) is 42.5 Å². The van der Waals surface area contributed by atoms with Gasteiger partial charge in [0.15, 0.2) is 0 Å². The summed E-state index contributed by atoms with van der Waals surface area (Å²) in [6, 6.07) is 15.6. The first kappa shape index (κ1) is 23.7. The molecule has 180 valence electrons. The molecule has 0 saturated carbocycles. The van der Waals surface area contributed by atoms with Crippen LogP contribution in [0.3, 0.4) is 0 Å². The predicted octanol–water partition coefficient (Wildman–Crippen LogP) is 5.76. The topological polar surface area (TPSA) is 76.1 Å². The van der Waals surface area contributed by atoms with Crippen LogP contribution in [0.5, 0.6) is 5.75 Å². The van der Waals surface area contributed by atoms with Gasteiger partial charge in [0, 0.05) is 18.2 Å². The van der Waals surface area contributed by atoms with E-state index in [2.05, 4.69) is 0 Å². The number of benzene rings is 3. The zero-order valence-corrected chi connectivity index (χ0v) is 20.5. The number of amides is 1. The van der Waals surface area contributed by atoms with Crippen molar-refractivity contribution in [1.82, 2.24) is 4.90 Å². The quantitative estimate of drug-likeness (QED) is 0.268. The summed E-state index contributed by atoms with van der Waals surface area (Å²) < 4.78 is 11.2. The molecule has 3 aromatic carbocycles. The number of carbonyl (C=O) groups excluding carboxylic acids is 2. The maximum atomic E-state index is 13.4. The van der Waals surface area contributed by atoms with Gasteiger partial charge in [0.1, 0.15) is 11.5 Å². The standard InChI is InChI=1S/C27H23Cl2NO5/c1-34-26-20(12-16(28)13-21(26)29)24(31)22-23(19-10-4-7-15-6-2-3-9-18(15)19)30(27(33)25(22)32)14-17-8-5-11-35-17/h2-4,6-7,9-10,12-13,17,23,31H,5,8,11,14H2,1H3/b24-22+. The van der Waals surface area contributed by atoms with Gasteiger partial charge in [-0.25, -0.2) is 0 Å². The molecule has 0 aliphatic carbocycles. The Labute approximate surface area is 212 Å². The highest BCUT2D eigenvalue weighted by Crippen LogP contribution is 2.45. The number of hydrogen-bond acceptors (Lipinski definition) is 5. The average Bonchev–Trinajstić information content (AvgIpc) is 3.45. The number of hydrogen-bond donors (Lipinski definition) is 1. The van der Waals surface area contributed by atoms with E-state index in [-0.39, 0.29) is 39.6 Å². The van der Waals surface area contributed by atoms with Gasteiger partial charge < -0.3 is 19.5 Å². The van der Waals surface area contributed by atoms with Crippen LogP contribution in [0, 0.1) is 0 Å². The third kappa shape index (κ3) is 4.16. The summed E-state index contributed by atoms with van der Waals surface area (Å²) in [7, 11) is 1.41. The summed E-state index contributed by atoms with van der Waals surface area (Å²) in [4.78, 5) is 28.3. The molecule has 2 heterocycles. The number of fused-ring (bicyclic) bond motifs is 1. The molecule has 0 bridgehead atoms. The summed E-state index contributed by atoms with van der Waals surface area (Å²) in [5.74, 6) is -1.70. The summed E-state index contributed by atoms with van der Waals surface area (Å²) in [6.45, 7) is 0.856. The fourth-order valence-corrected chi connectivity index (χ4v) is 5.55. The molecule has 1 N–H and O–H groups in total. The first-order valence-corrected chi connectivity index (χ1v) is 12.1. The van der Waals surface area contributed by atoms with Crippen LogP contribution < -0.4 is 4.74 Å². The Morgan fingerprint density at radius 1 is 1.14 bits per heavy atom. The van der Waals surface area contributed by atoms with E-state index in [1.54, 1.807) is 0 Å². The van der Waals surface area contributed by atoms with E-state index >= 15 is 0 Å². The van der Waals surface area contributed by atoms with Crippen molar-refractivity contribution in [2.45, 2.75) is 25.0 Å². The summed E-state index contributed by atoms with van der Waals surface area (Å²) >= 11 is 12.5. The minimum absolute atomic E-state index is 0.0408. The molecule has 2 saturated heterocycles. The highest BCUT2D eigenvalue weighted by atomic mass is 35.5. The third-order valence-corrected chi connectivity index (χ3v) is 7.05. The molecule has 5 rings (SSSR count). The van der Waals surface area contributed by atoms with Crippen molar-refractivity contribution >= 4 is 51.4 Å². The second-order valence-electron chi connectivity index (χ2n) is 8.62. The van der Waals surface area contributed by atoms with Crippen molar-refractivity contribution in [3.05, 3.63) is 81.3 Å². The van der Waals surface area contributed by atoms with E-state index < -0.39 is 23.5 Å². The SMILES string of the molecule is COc1c(Cl)cc(Cl)cc1/C(O)=C1\C(=O)C(=O)N(CC2CCCO2)C1c1cccc2ccccc12. The molecule has 3 aromatic rings. The van der Waals surface area contributed by atoms with E-state index in [0.29, 0.717) is 6.61 Å². The van der Waals surface area contributed by atoms with E-state index in [0.717, 1.165) is 29.2 Å². The molecule has 6 nitrogen and oxygen atoms in total. The Bertz CT molecular complexity index is 1360. The predicted molar refractivity (Wildman–Crippen MR) is 135 cm³/mol. The maximum Gasteiger partial charge on any atom is 0.295 e. The maximum absolute atomic E-state index is 13.4. The lowest BCUT2D eigenvalue weighted by Gasteiger charge is -2.28. The number of aliphatic hydroxyl groups excluding tert-OH is 1. The molecule has 0 spiro atoms. The van der Waals surface area contributed by atoms with Crippen LogP contribution >= 0.6 is 23.2 Å². The van der Waals surface area contributed by atoms with Gasteiger partial charge in [-0.05, 0) is 41.3 Å². The van der Waals surface area contributed by atoms with Gasteiger partial charge in [-0.1, -0.05) is 65.7 Å². The van der Waals surface area contributed by atoms with Gasteiger partial charge in [0.2, 0.25) is 0 Å². The van der Waals surface area contributed by atoms with Gasteiger partial charge in [-0.3, -0.25) is 9.59 Å². The number of rotatable bonds is 5. The Balaban J connectivity index is 1.75. The number of nitrogens with zero attached hydrogens (tertiary/aromatic N) is 1. The third-order valence-electron chi connectivity index (χ3n) is 6.55. The number of likely N-dealkylation sites (tertiary alicyclic amines) is 1.